The van der Waals surface area contributed by atoms with Crippen LogP contribution in [0.3, 0.4) is 0 Å². The molecule has 58 heavy (non-hydrogen) atoms. The first-order chi connectivity index (χ1) is 27.0. The largest absolute Gasteiger partial charge is 0.450 e. The number of nitrogens with one attached hydrogen (secondary N) is 2. The number of nitrogens with zero attached hydrogens (tertiary/aromatic N) is 3. The van der Waals surface area contributed by atoms with Gasteiger partial charge in [-0.1, -0.05) is 63.7 Å². The number of Topliss-reactive ketones (excluding diaryl/α,β-unsaturated/α-hetero) is 2. The summed E-state index contributed by atoms with van der Waals surface area (Å²) < 4.78 is 17.9. The molecule has 0 saturated heterocycles. The second kappa shape index (κ2) is 24.4. The van der Waals surface area contributed by atoms with E-state index in [1.165, 1.54) is 13.8 Å². The number of aromatic amines is 1. The van der Waals surface area contributed by atoms with Crippen molar-refractivity contribution in [2.45, 2.75) is 34.6 Å². The SMILES string of the molecule is CC(=O)c1cc(Br)ccc1N.CCOC(=O)Nc1ccc(Br)cc1C(C)=O.Cc1[nH]c(=O)nc2ccc(Br)cc12.Cc1nc(Cl)nc2ccc(Br)cc12.O=P(Cl)(Cl)Cl. The van der Waals surface area contributed by atoms with Gasteiger partial charge in [0.1, 0.15) is 0 Å². The van der Waals surface area contributed by atoms with Crippen molar-refractivity contribution in [2.24, 2.45) is 0 Å². The average molecular weight is 1150 g/mol. The van der Waals surface area contributed by atoms with Crippen LogP contribution in [0.2, 0.25) is 5.28 Å². The third kappa shape index (κ3) is 18.6. The van der Waals surface area contributed by atoms with Crippen LogP contribution in [0.25, 0.3) is 21.8 Å². The molecule has 6 aromatic rings. The number of nitrogens with two attached hydrogens (primary N) is 1. The number of nitrogen functional groups attached to an aromatic ring is 1. The van der Waals surface area contributed by atoms with Gasteiger partial charge in [0, 0.05) is 51.2 Å². The van der Waals surface area contributed by atoms with Crippen molar-refractivity contribution in [2.75, 3.05) is 17.7 Å². The molecule has 4 aromatic carbocycles. The van der Waals surface area contributed by atoms with Crippen molar-refractivity contribution >= 4 is 165 Å². The summed E-state index contributed by atoms with van der Waals surface area (Å²) in [6.07, 6.45) is -0.563. The van der Waals surface area contributed by atoms with Gasteiger partial charge < -0.3 is 15.5 Å². The first-order valence-electron chi connectivity index (χ1n) is 16.2. The fourth-order valence-electron chi connectivity index (χ4n) is 4.52. The molecule has 0 spiro atoms. The topological polar surface area (TPSA) is 187 Å². The van der Waals surface area contributed by atoms with Crippen molar-refractivity contribution < 1.29 is 23.7 Å². The molecule has 4 N–H and O–H groups in total. The second-order valence-electron chi connectivity index (χ2n) is 11.3. The summed E-state index contributed by atoms with van der Waals surface area (Å²) in [6.45, 7) is 8.72. The van der Waals surface area contributed by atoms with E-state index in [9.17, 15) is 23.7 Å². The molecule has 0 aliphatic heterocycles. The number of hydrogen-bond acceptors (Lipinski definition) is 10. The molecule has 0 bridgehead atoms. The number of benzene rings is 4. The number of ether oxygens (including phenoxy) is 1. The van der Waals surface area contributed by atoms with E-state index in [1.54, 1.807) is 37.3 Å². The first-order valence-corrected chi connectivity index (χ1v) is 24.2. The highest BCUT2D eigenvalue weighted by atomic mass is 79.9. The van der Waals surface area contributed by atoms with Crippen LogP contribution in [0.15, 0.2) is 95.5 Å². The van der Waals surface area contributed by atoms with E-state index in [0.29, 0.717) is 27.8 Å². The Morgan fingerprint density at radius 2 is 1.22 bits per heavy atom. The van der Waals surface area contributed by atoms with Crippen LogP contribution >= 0.6 is 114 Å². The Morgan fingerprint density at radius 1 is 0.759 bits per heavy atom. The van der Waals surface area contributed by atoms with Gasteiger partial charge in [-0.25, -0.2) is 19.6 Å². The zero-order chi connectivity index (χ0) is 43.9. The Bertz CT molecular complexity index is 2540. The van der Waals surface area contributed by atoms with Gasteiger partial charge in [-0.3, -0.25) is 19.5 Å². The minimum atomic E-state index is -3.22. The van der Waals surface area contributed by atoms with Gasteiger partial charge in [-0.05, 0) is 153 Å². The molecule has 0 fully saturated rings. The van der Waals surface area contributed by atoms with Crippen LogP contribution in [0.5, 0.6) is 0 Å². The third-order valence-electron chi connectivity index (χ3n) is 6.97. The number of hydrogen-bond donors (Lipinski definition) is 3. The fraction of sp³-hybridized carbons (Fsp3) is 0.162. The summed E-state index contributed by atoms with van der Waals surface area (Å²) in [7, 11) is 0. The number of anilines is 2. The summed E-state index contributed by atoms with van der Waals surface area (Å²) in [4.78, 5) is 59.2. The van der Waals surface area contributed by atoms with Crippen LogP contribution in [-0.4, -0.2) is 44.2 Å². The molecule has 0 atom stereocenters. The number of halogens is 8. The summed E-state index contributed by atoms with van der Waals surface area (Å²) in [6, 6.07) is 21.8. The Hall–Kier alpha value is -2.92. The van der Waals surface area contributed by atoms with E-state index in [1.807, 2.05) is 56.3 Å². The quantitative estimate of drug-likeness (QED) is 0.0663. The van der Waals surface area contributed by atoms with Gasteiger partial charge in [-0.2, -0.15) is 4.98 Å². The fourth-order valence-corrected chi connectivity index (χ4v) is 6.18. The van der Waals surface area contributed by atoms with Crippen LogP contribution < -0.4 is 16.7 Å². The van der Waals surface area contributed by atoms with Gasteiger partial charge in [0.2, 0.25) is 5.28 Å². The molecule has 2 aromatic heterocycles. The van der Waals surface area contributed by atoms with E-state index in [-0.39, 0.29) is 23.9 Å². The van der Waals surface area contributed by atoms with Crippen LogP contribution in [0, 0.1) is 13.8 Å². The molecule has 308 valence electrons. The zero-order valence-corrected chi connectivity index (χ0v) is 41.2. The monoisotopic (exact) mass is 1140 g/mol. The Kier molecular flexibility index (Phi) is 21.5. The minimum absolute atomic E-state index is 0.0104. The number of ketones is 2. The van der Waals surface area contributed by atoms with Crippen LogP contribution in [-0.2, 0) is 9.30 Å². The molecule has 2 heterocycles. The highest BCUT2D eigenvalue weighted by molar-refractivity contribution is 9.11. The van der Waals surface area contributed by atoms with E-state index in [4.69, 9.17) is 22.1 Å². The Morgan fingerprint density at radius 3 is 1.74 bits per heavy atom. The predicted octanol–water partition coefficient (Wildman–Crippen LogP) is 13.6. The first kappa shape index (κ1) is 51.2. The molecule has 0 unspecified atom stereocenters. The average Bonchev–Trinajstić information content (AvgIpc) is 3.11. The van der Waals surface area contributed by atoms with Crippen LogP contribution in [0.4, 0.5) is 16.2 Å². The van der Waals surface area contributed by atoms with Gasteiger partial charge in [0.15, 0.2) is 11.6 Å². The van der Waals surface area contributed by atoms with Crippen molar-refractivity contribution in [3.63, 3.8) is 0 Å². The lowest BCUT2D eigenvalue weighted by molar-refractivity contribution is 0.101. The number of H-pyrrole nitrogens is 1. The minimum Gasteiger partial charge on any atom is -0.450 e. The highest BCUT2D eigenvalue weighted by Gasteiger charge is 2.11. The lowest BCUT2D eigenvalue weighted by Crippen LogP contribution is -2.15. The maximum atomic E-state index is 11.3. The van der Waals surface area contributed by atoms with Gasteiger partial charge in [0.05, 0.1) is 29.0 Å². The lowest BCUT2D eigenvalue weighted by Gasteiger charge is -2.09. The standard InChI is InChI=1S/C11H12BrNO3.C9H6BrClN2.C9H7BrN2O.C8H8BrNO.Cl3OP/c1-3-16-11(15)13-10-5-4-8(12)6-9(10)7(2)14;1-5-7-4-6(10)2-3-8(7)13-9(11)12-5;1-5-7-4-6(10)2-3-8(7)12-9(13)11-5;1-5(11)7-4-6(9)2-3-8(7)10;1-5(2,3)4/h4-6H,3H2,1-2H3,(H,13,15);2-4H,1H3;2-4H,1H3,(H,11,12,13);2-4H,10H2,1H3;. The zero-order valence-electron chi connectivity index (χ0n) is 31.0. The normalized spacial score (nSPS) is 10.3. The molecule has 0 aliphatic carbocycles. The van der Waals surface area contributed by atoms with Crippen LogP contribution in [0.1, 0.15) is 52.9 Å². The Labute approximate surface area is 386 Å². The third-order valence-corrected chi connectivity index (χ3v) is 9.11. The number of carbonyl (C=O) groups excluding carboxylic acids is 3. The maximum absolute atomic E-state index is 11.3. The van der Waals surface area contributed by atoms with E-state index in [0.717, 1.165) is 51.1 Å². The molecule has 6 rings (SSSR count). The van der Waals surface area contributed by atoms with E-state index < -0.39 is 11.3 Å². The highest BCUT2D eigenvalue weighted by Crippen LogP contribution is 2.61. The van der Waals surface area contributed by atoms with Crippen molar-refractivity contribution in [3.05, 3.63) is 129 Å². The molecule has 0 saturated carbocycles. The molecule has 1 amide bonds. The summed E-state index contributed by atoms with van der Waals surface area (Å²) >= 11 is 32.9. The van der Waals surface area contributed by atoms with E-state index >= 15 is 0 Å². The molecular formula is C37H33Br4Cl4N6O6P. The molecule has 21 heteroatoms. The molecule has 0 aliphatic rings. The second-order valence-corrected chi connectivity index (χ2v) is 22.0. The molecular weight excluding hydrogens is 1120 g/mol. The number of rotatable bonds is 4. The molecule has 0 radical (unpaired) electrons. The number of aromatic nitrogens is 4. The molecule has 12 nitrogen and oxygen atoms in total. The van der Waals surface area contributed by atoms with Gasteiger partial charge >= 0.3 is 17.0 Å². The smallest absolute Gasteiger partial charge is 0.411 e. The number of carbonyl (C=O) groups is 3. The van der Waals surface area contributed by atoms with Crippen molar-refractivity contribution in [1.82, 2.24) is 19.9 Å². The van der Waals surface area contributed by atoms with Gasteiger partial charge in [0.25, 0.3) is 0 Å². The Balaban J connectivity index is 0.000000258. The van der Waals surface area contributed by atoms with Crippen molar-refractivity contribution in [1.29, 1.82) is 0 Å². The number of amides is 1. The lowest BCUT2D eigenvalue weighted by atomic mass is 10.1. The van der Waals surface area contributed by atoms with Gasteiger partial charge in [-0.15, -0.1) is 0 Å². The van der Waals surface area contributed by atoms with E-state index in [2.05, 4.69) is 123 Å². The summed E-state index contributed by atoms with van der Waals surface area (Å²) in [5.74, 6) is -0.128. The summed E-state index contributed by atoms with van der Waals surface area (Å²) in [5, 5.41) is 1.59. The maximum Gasteiger partial charge on any atom is 0.411 e. The predicted molar refractivity (Wildman–Crippen MR) is 250 cm³/mol. The van der Waals surface area contributed by atoms with Crippen molar-refractivity contribution in [3.8, 4) is 0 Å². The summed E-state index contributed by atoms with van der Waals surface area (Å²) in [5.41, 5.74) is 10.6. The number of fused-ring (bicyclic) bond motifs is 2. The number of aryl methyl sites for hydroxylation is 2.